The molecule has 1 aromatic rings. The van der Waals surface area contributed by atoms with Gasteiger partial charge in [0.25, 0.3) is 0 Å². The number of para-hydroxylation sites is 1. The molecular weight excluding hydrogens is 256 g/mol. The lowest BCUT2D eigenvalue weighted by Gasteiger charge is -2.22. The highest BCUT2D eigenvalue weighted by Gasteiger charge is 2.20. The van der Waals surface area contributed by atoms with Crippen LogP contribution in [0.4, 0.5) is 11.4 Å². The zero-order valence-electron chi connectivity index (χ0n) is 9.89. The molecule has 0 amide bonds. The van der Waals surface area contributed by atoms with Gasteiger partial charge in [-0.05, 0) is 30.9 Å². The quantitative estimate of drug-likeness (QED) is 0.674. The molecule has 0 aromatic heterocycles. The van der Waals surface area contributed by atoms with Gasteiger partial charge in [0.1, 0.15) is 10.7 Å². The molecule has 1 saturated heterocycles. The number of nitrogens with zero attached hydrogens (tertiary/aromatic N) is 1. The number of nitro benzene ring substituents is 1. The second kappa shape index (κ2) is 6.02. The first kappa shape index (κ1) is 13.1. The van der Waals surface area contributed by atoms with E-state index in [2.05, 4.69) is 5.32 Å². The molecule has 0 aliphatic carbocycles. The molecule has 0 radical (unpaired) electrons. The van der Waals surface area contributed by atoms with Crippen molar-refractivity contribution in [2.45, 2.75) is 12.8 Å². The molecule has 1 heterocycles. The molecule has 18 heavy (non-hydrogen) atoms. The molecule has 0 atom stereocenters. The minimum atomic E-state index is -0.450. The Morgan fingerprint density at radius 3 is 2.83 bits per heavy atom. The molecule has 2 rings (SSSR count). The smallest absolute Gasteiger partial charge is 0.310 e. The van der Waals surface area contributed by atoms with E-state index < -0.39 is 4.92 Å². The summed E-state index contributed by atoms with van der Waals surface area (Å²) in [6.07, 6.45) is 1.97. The topological polar surface area (TPSA) is 64.4 Å². The molecule has 0 bridgehead atoms. The van der Waals surface area contributed by atoms with E-state index in [0.29, 0.717) is 18.2 Å². The maximum Gasteiger partial charge on any atom is 0.310 e. The van der Waals surface area contributed by atoms with Crippen molar-refractivity contribution < 1.29 is 9.66 Å². The van der Waals surface area contributed by atoms with Gasteiger partial charge in [-0.3, -0.25) is 10.1 Å². The maximum atomic E-state index is 11.0. The standard InChI is InChI=1S/C12H15ClN2O3/c13-10-2-1-3-11(12(10)15(16)17)14-8-9-4-6-18-7-5-9/h1-3,9,14H,4-8H2. The highest BCUT2D eigenvalue weighted by molar-refractivity contribution is 6.33. The molecule has 1 aliphatic rings. The monoisotopic (exact) mass is 270 g/mol. The fraction of sp³-hybridized carbons (Fsp3) is 0.500. The molecule has 0 spiro atoms. The Morgan fingerprint density at radius 1 is 1.44 bits per heavy atom. The summed E-state index contributed by atoms with van der Waals surface area (Å²) in [5.41, 5.74) is 0.435. The second-order valence-electron chi connectivity index (χ2n) is 4.33. The average molecular weight is 271 g/mol. The van der Waals surface area contributed by atoms with Gasteiger partial charge in [0, 0.05) is 19.8 Å². The van der Waals surface area contributed by atoms with Gasteiger partial charge in [0.15, 0.2) is 0 Å². The third kappa shape index (κ3) is 3.11. The molecule has 0 saturated carbocycles. The van der Waals surface area contributed by atoms with E-state index in [1.54, 1.807) is 12.1 Å². The number of hydrogen-bond acceptors (Lipinski definition) is 4. The zero-order valence-corrected chi connectivity index (χ0v) is 10.7. The summed E-state index contributed by atoms with van der Waals surface area (Å²) in [7, 11) is 0. The maximum absolute atomic E-state index is 11.0. The van der Waals surface area contributed by atoms with E-state index in [1.165, 1.54) is 6.07 Å². The predicted octanol–water partition coefficient (Wildman–Crippen LogP) is 3.09. The summed E-state index contributed by atoms with van der Waals surface area (Å²) in [5.74, 6) is 0.498. The Bertz CT molecular complexity index is 433. The van der Waals surface area contributed by atoms with Gasteiger partial charge in [-0.1, -0.05) is 17.7 Å². The van der Waals surface area contributed by atoms with E-state index in [1.807, 2.05) is 0 Å². The first-order chi connectivity index (χ1) is 8.68. The summed E-state index contributed by atoms with van der Waals surface area (Å²) in [4.78, 5) is 10.5. The summed E-state index contributed by atoms with van der Waals surface area (Å²) >= 11 is 5.84. The largest absolute Gasteiger partial charge is 0.381 e. The number of hydrogen-bond donors (Lipinski definition) is 1. The lowest BCUT2D eigenvalue weighted by Crippen LogP contribution is -2.22. The summed E-state index contributed by atoms with van der Waals surface area (Å²) < 4.78 is 5.28. The first-order valence-corrected chi connectivity index (χ1v) is 6.31. The Kier molecular flexibility index (Phi) is 4.38. The van der Waals surface area contributed by atoms with Crippen molar-refractivity contribution in [3.05, 3.63) is 33.3 Å². The predicted molar refractivity (Wildman–Crippen MR) is 70.1 cm³/mol. The Balaban J connectivity index is 2.04. The van der Waals surface area contributed by atoms with Crippen molar-refractivity contribution >= 4 is 23.0 Å². The van der Waals surface area contributed by atoms with Gasteiger partial charge in [0.05, 0.1) is 4.92 Å². The van der Waals surface area contributed by atoms with Gasteiger partial charge in [0.2, 0.25) is 0 Å². The molecular formula is C12H15ClN2O3. The number of anilines is 1. The Hall–Kier alpha value is -1.33. The lowest BCUT2D eigenvalue weighted by molar-refractivity contribution is -0.383. The molecule has 1 fully saturated rings. The third-order valence-electron chi connectivity index (χ3n) is 3.09. The van der Waals surface area contributed by atoms with Gasteiger partial charge < -0.3 is 10.1 Å². The van der Waals surface area contributed by atoms with Crippen molar-refractivity contribution in [3.8, 4) is 0 Å². The van der Waals surface area contributed by atoms with Crippen molar-refractivity contribution in [2.24, 2.45) is 5.92 Å². The summed E-state index contributed by atoms with van der Waals surface area (Å²) in [6, 6.07) is 4.92. The second-order valence-corrected chi connectivity index (χ2v) is 4.74. The van der Waals surface area contributed by atoms with E-state index in [9.17, 15) is 10.1 Å². The molecule has 98 valence electrons. The lowest BCUT2D eigenvalue weighted by atomic mass is 10.0. The van der Waals surface area contributed by atoms with Crippen LogP contribution in [-0.2, 0) is 4.74 Å². The van der Waals surface area contributed by atoms with Gasteiger partial charge in [-0.15, -0.1) is 0 Å². The summed E-state index contributed by atoms with van der Waals surface area (Å²) in [5, 5.41) is 14.2. The fourth-order valence-electron chi connectivity index (χ4n) is 2.05. The van der Waals surface area contributed by atoms with Crippen LogP contribution in [0.25, 0.3) is 0 Å². The van der Waals surface area contributed by atoms with Crippen LogP contribution >= 0.6 is 11.6 Å². The SMILES string of the molecule is O=[N+]([O-])c1c(Cl)cccc1NCC1CCOCC1. The van der Waals surface area contributed by atoms with Crippen LogP contribution in [0.5, 0.6) is 0 Å². The molecule has 5 nitrogen and oxygen atoms in total. The first-order valence-electron chi connectivity index (χ1n) is 5.93. The normalized spacial score (nSPS) is 16.5. The van der Waals surface area contributed by atoms with Crippen LogP contribution in [0.15, 0.2) is 18.2 Å². The highest BCUT2D eigenvalue weighted by Crippen LogP contribution is 2.32. The van der Waals surface area contributed by atoms with E-state index in [4.69, 9.17) is 16.3 Å². The third-order valence-corrected chi connectivity index (χ3v) is 3.40. The minimum Gasteiger partial charge on any atom is -0.381 e. The van der Waals surface area contributed by atoms with Crippen molar-refractivity contribution in [3.63, 3.8) is 0 Å². The van der Waals surface area contributed by atoms with Gasteiger partial charge in [-0.2, -0.15) is 0 Å². The number of benzene rings is 1. The number of nitrogens with one attached hydrogen (secondary N) is 1. The van der Waals surface area contributed by atoms with Crippen molar-refractivity contribution in [2.75, 3.05) is 25.1 Å². The van der Waals surface area contributed by atoms with Crippen LogP contribution in [-0.4, -0.2) is 24.7 Å². The van der Waals surface area contributed by atoms with Crippen LogP contribution in [0, 0.1) is 16.0 Å². The number of nitro groups is 1. The molecule has 6 heteroatoms. The van der Waals surface area contributed by atoms with Gasteiger partial charge in [-0.25, -0.2) is 0 Å². The number of halogens is 1. The number of rotatable bonds is 4. The van der Waals surface area contributed by atoms with Crippen molar-refractivity contribution in [1.82, 2.24) is 0 Å². The van der Waals surface area contributed by atoms with Crippen LogP contribution in [0.2, 0.25) is 5.02 Å². The minimum absolute atomic E-state index is 0.0498. The summed E-state index contributed by atoms with van der Waals surface area (Å²) in [6.45, 7) is 2.25. The van der Waals surface area contributed by atoms with Crippen molar-refractivity contribution in [1.29, 1.82) is 0 Å². The molecule has 1 aromatic carbocycles. The molecule has 0 unspecified atom stereocenters. The van der Waals surface area contributed by atoms with E-state index in [-0.39, 0.29) is 10.7 Å². The van der Waals surface area contributed by atoms with E-state index in [0.717, 1.165) is 26.1 Å². The van der Waals surface area contributed by atoms with Crippen LogP contribution in [0.1, 0.15) is 12.8 Å². The zero-order chi connectivity index (χ0) is 13.0. The number of ether oxygens (including phenoxy) is 1. The highest BCUT2D eigenvalue weighted by atomic mass is 35.5. The van der Waals surface area contributed by atoms with E-state index >= 15 is 0 Å². The molecule has 1 aliphatic heterocycles. The van der Waals surface area contributed by atoms with Gasteiger partial charge >= 0.3 is 5.69 Å². The molecule has 1 N–H and O–H groups in total. The Morgan fingerprint density at radius 2 is 2.17 bits per heavy atom. The van der Waals surface area contributed by atoms with Crippen LogP contribution in [0.3, 0.4) is 0 Å². The average Bonchev–Trinajstić information content (AvgIpc) is 2.37. The Labute approximate surface area is 110 Å². The fourth-order valence-corrected chi connectivity index (χ4v) is 2.29. The van der Waals surface area contributed by atoms with Crippen LogP contribution < -0.4 is 5.32 Å².